The maximum absolute atomic E-state index is 12.3. The number of carbonyl (C=O) groups is 1. The Bertz CT molecular complexity index is 772. The second-order valence-corrected chi connectivity index (χ2v) is 5.31. The van der Waals surface area contributed by atoms with Gasteiger partial charge in [-0.15, -0.1) is 0 Å². The van der Waals surface area contributed by atoms with E-state index in [2.05, 4.69) is 24.1 Å². The smallest absolute Gasteiger partial charge is 0.257 e. The van der Waals surface area contributed by atoms with E-state index in [1.54, 1.807) is 6.20 Å². The van der Waals surface area contributed by atoms with Crippen LogP contribution in [0, 0.1) is 0 Å². The number of imidazole rings is 1. The van der Waals surface area contributed by atoms with Gasteiger partial charge in [0, 0.05) is 11.8 Å². The van der Waals surface area contributed by atoms with E-state index in [0.717, 1.165) is 5.52 Å². The molecule has 1 aromatic carbocycles. The number of nitrogens with zero attached hydrogens (tertiary/aromatic N) is 2. The molecule has 3 aromatic rings. The second kappa shape index (κ2) is 5.40. The highest BCUT2D eigenvalue weighted by Crippen LogP contribution is 2.16. The highest BCUT2D eigenvalue weighted by molar-refractivity contribution is 6.03. The highest BCUT2D eigenvalue weighted by atomic mass is 16.1. The number of aromatic nitrogens is 2. The van der Waals surface area contributed by atoms with Gasteiger partial charge in [0.15, 0.2) is 0 Å². The summed E-state index contributed by atoms with van der Waals surface area (Å²) >= 11 is 0. The van der Waals surface area contributed by atoms with Crippen molar-refractivity contribution in [2.45, 2.75) is 19.8 Å². The van der Waals surface area contributed by atoms with Crippen molar-refractivity contribution in [2.24, 2.45) is 0 Å². The van der Waals surface area contributed by atoms with Gasteiger partial charge in [-0.25, -0.2) is 4.98 Å². The quantitative estimate of drug-likeness (QED) is 0.794. The van der Waals surface area contributed by atoms with Crippen LogP contribution in [0.3, 0.4) is 0 Å². The molecule has 2 heterocycles. The lowest BCUT2D eigenvalue weighted by molar-refractivity contribution is 0.102. The Labute approximate surface area is 123 Å². The van der Waals surface area contributed by atoms with Crippen LogP contribution in [0.5, 0.6) is 0 Å². The molecule has 4 nitrogen and oxygen atoms in total. The molecule has 0 radical (unpaired) electrons. The summed E-state index contributed by atoms with van der Waals surface area (Å²) in [5.74, 6) is 0.837. The van der Waals surface area contributed by atoms with Crippen molar-refractivity contribution in [3.05, 3.63) is 66.0 Å². The summed E-state index contributed by atoms with van der Waals surface area (Å²) < 4.78 is 1.85. The van der Waals surface area contributed by atoms with Crippen LogP contribution in [0.1, 0.15) is 35.7 Å². The van der Waals surface area contributed by atoms with E-state index in [0.29, 0.717) is 17.4 Å². The van der Waals surface area contributed by atoms with Crippen molar-refractivity contribution in [1.29, 1.82) is 0 Å². The first-order valence-electron chi connectivity index (χ1n) is 6.98. The Hall–Kier alpha value is -2.62. The number of fused-ring (bicyclic) bond motifs is 1. The Balaban J connectivity index is 1.83. The van der Waals surface area contributed by atoms with Gasteiger partial charge in [0.2, 0.25) is 5.95 Å². The Morgan fingerprint density at radius 2 is 1.90 bits per heavy atom. The predicted octanol–water partition coefficient (Wildman–Crippen LogP) is 3.71. The van der Waals surface area contributed by atoms with E-state index < -0.39 is 0 Å². The number of amides is 1. The van der Waals surface area contributed by atoms with Crippen LogP contribution in [-0.2, 0) is 0 Å². The number of pyridine rings is 1. The summed E-state index contributed by atoms with van der Waals surface area (Å²) in [6.45, 7) is 4.26. The molecule has 2 aromatic heterocycles. The van der Waals surface area contributed by atoms with Crippen LogP contribution in [0.2, 0.25) is 0 Å². The van der Waals surface area contributed by atoms with E-state index in [1.165, 1.54) is 5.56 Å². The summed E-state index contributed by atoms with van der Waals surface area (Å²) in [5.41, 5.74) is 2.80. The molecule has 0 bridgehead atoms. The molecular formula is C17H17N3O. The number of hydrogen-bond acceptors (Lipinski definition) is 2. The van der Waals surface area contributed by atoms with Crippen molar-refractivity contribution in [2.75, 3.05) is 5.32 Å². The van der Waals surface area contributed by atoms with Crippen molar-refractivity contribution >= 4 is 17.4 Å². The van der Waals surface area contributed by atoms with E-state index in [-0.39, 0.29) is 5.91 Å². The summed E-state index contributed by atoms with van der Waals surface area (Å²) in [4.78, 5) is 16.5. The standard InChI is InChI=1S/C17H17N3O/c1-12(2)13-6-8-14(9-7-13)16(21)19-17-18-11-15-5-3-4-10-20(15)17/h3-12H,1-2H3,(H,18,19,21). The number of hydrogen-bond donors (Lipinski definition) is 1. The molecular weight excluding hydrogens is 262 g/mol. The van der Waals surface area contributed by atoms with Gasteiger partial charge in [0.05, 0.1) is 11.7 Å². The van der Waals surface area contributed by atoms with Gasteiger partial charge in [-0.05, 0) is 35.7 Å². The minimum Gasteiger partial charge on any atom is -0.292 e. The van der Waals surface area contributed by atoms with Gasteiger partial charge in [-0.1, -0.05) is 32.0 Å². The number of anilines is 1. The van der Waals surface area contributed by atoms with Crippen LogP contribution in [0.15, 0.2) is 54.9 Å². The minimum absolute atomic E-state index is 0.151. The molecule has 0 unspecified atom stereocenters. The highest BCUT2D eigenvalue weighted by Gasteiger charge is 2.10. The zero-order valence-electron chi connectivity index (χ0n) is 12.1. The lowest BCUT2D eigenvalue weighted by atomic mass is 10.0. The Kier molecular flexibility index (Phi) is 3.44. The first-order valence-corrected chi connectivity index (χ1v) is 6.98. The normalized spacial score (nSPS) is 11.0. The first kappa shape index (κ1) is 13.4. The minimum atomic E-state index is -0.151. The van der Waals surface area contributed by atoms with Crippen molar-refractivity contribution in [3.8, 4) is 0 Å². The fraction of sp³-hybridized carbons (Fsp3) is 0.176. The van der Waals surface area contributed by atoms with Gasteiger partial charge >= 0.3 is 0 Å². The molecule has 0 aliphatic carbocycles. The van der Waals surface area contributed by atoms with Crippen LogP contribution in [0.25, 0.3) is 5.52 Å². The van der Waals surface area contributed by atoms with E-state index in [1.807, 2.05) is 53.1 Å². The topological polar surface area (TPSA) is 46.4 Å². The molecule has 0 aliphatic heterocycles. The maximum Gasteiger partial charge on any atom is 0.257 e. The van der Waals surface area contributed by atoms with Gasteiger partial charge < -0.3 is 0 Å². The fourth-order valence-corrected chi connectivity index (χ4v) is 2.23. The number of rotatable bonds is 3. The SMILES string of the molecule is CC(C)c1ccc(C(=O)Nc2ncc3ccccn23)cc1. The van der Waals surface area contributed by atoms with E-state index >= 15 is 0 Å². The van der Waals surface area contributed by atoms with Crippen LogP contribution < -0.4 is 5.32 Å². The van der Waals surface area contributed by atoms with Crippen LogP contribution >= 0.6 is 0 Å². The Morgan fingerprint density at radius 1 is 1.14 bits per heavy atom. The number of nitrogens with one attached hydrogen (secondary N) is 1. The third kappa shape index (κ3) is 2.65. The molecule has 1 N–H and O–H groups in total. The molecule has 21 heavy (non-hydrogen) atoms. The van der Waals surface area contributed by atoms with Gasteiger partial charge in [-0.3, -0.25) is 14.5 Å². The van der Waals surface area contributed by atoms with Gasteiger partial charge in [-0.2, -0.15) is 0 Å². The molecule has 0 aliphatic rings. The van der Waals surface area contributed by atoms with E-state index in [9.17, 15) is 4.79 Å². The van der Waals surface area contributed by atoms with Crippen LogP contribution in [-0.4, -0.2) is 15.3 Å². The summed E-state index contributed by atoms with van der Waals surface area (Å²) in [6, 6.07) is 13.5. The molecule has 0 fully saturated rings. The third-order valence-electron chi connectivity index (χ3n) is 3.50. The Morgan fingerprint density at radius 3 is 2.62 bits per heavy atom. The molecule has 4 heteroatoms. The lowest BCUT2D eigenvalue weighted by Crippen LogP contribution is -2.14. The average molecular weight is 279 g/mol. The maximum atomic E-state index is 12.3. The monoisotopic (exact) mass is 279 g/mol. The van der Waals surface area contributed by atoms with E-state index in [4.69, 9.17) is 0 Å². The van der Waals surface area contributed by atoms with Crippen molar-refractivity contribution in [3.63, 3.8) is 0 Å². The van der Waals surface area contributed by atoms with Crippen molar-refractivity contribution < 1.29 is 4.79 Å². The third-order valence-corrected chi connectivity index (χ3v) is 3.50. The molecule has 106 valence electrons. The zero-order chi connectivity index (χ0) is 14.8. The molecule has 0 atom stereocenters. The summed E-state index contributed by atoms with van der Waals surface area (Å²) in [7, 11) is 0. The van der Waals surface area contributed by atoms with Crippen molar-refractivity contribution in [1.82, 2.24) is 9.38 Å². The lowest BCUT2D eigenvalue weighted by Gasteiger charge is -2.07. The van der Waals surface area contributed by atoms with Gasteiger partial charge in [0.1, 0.15) is 0 Å². The van der Waals surface area contributed by atoms with Crippen LogP contribution in [0.4, 0.5) is 5.95 Å². The fourth-order valence-electron chi connectivity index (χ4n) is 2.23. The summed E-state index contributed by atoms with van der Waals surface area (Å²) in [6.07, 6.45) is 3.61. The molecule has 3 rings (SSSR count). The molecule has 0 saturated carbocycles. The summed E-state index contributed by atoms with van der Waals surface area (Å²) in [5, 5.41) is 2.84. The largest absolute Gasteiger partial charge is 0.292 e. The second-order valence-electron chi connectivity index (χ2n) is 5.31. The predicted molar refractivity (Wildman–Crippen MR) is 83.7 cm³/mol. The molecule has 1 amide bonds. The molecule has 0 saturated heterocycles. The molecule has 0 spiro atoms. The first-order chi connectivity index (χ1) is 10.1. The zero-order valence-corrected chi connectivity index (χ0v) is 12.1. The number of carbonyl (C=O) groups excluding carboxylic acids is 1. The van der Waals surface area contributed by atoms with Gasteiger partial charge in [0.25, 0.3) is 5.91 Å². The number of benzene rings is 1. The average Bonchev–Trinajstić information content (AvgIpc) is 2.91.